The lowest BCUT2D eigenvalue weighted by Gasteiger charge is -2.11. The molecule has 0 aliphatic rings. The summed E-state index contributed by atoms with van der Waals surface area (Å²) in [5, 5.41) is 11.1. The van der Waals surface area contributed by atoms with Gasteiger partial charge in [-0.05, 0) is 50.2 Å². The number of anilines is 2. The third-order valence-electron chi connectivity index (χ3n) is 3.63. The highest BCUT2D eigenvalue weighted by molar-refractivity contribution is 5.98. The standard InChI is InChI=1S/C20H24N4O3/c1-13(2)23-20(27)15-7-4-8-16(10-15)22-12-18(25)24-17-9-5-6-14(11-17)19(26)21-3/h4-11,13,22H,12H2,1-3H3,(H,21,26)(H,23,27)(H,24,25). The maximum atomic E-state index is 12.1. The van der Waals surface area contributed by atoms with E-state index in [9.17, 15) is 14.4 Å². The van der Waals surface area contributed by atoms with Crippen molar-refractivity contribution < 1.29 is 14.4 Å². The van der Waals surface area contributed by atoms with Crippen LogP contribution in [0.2, 0.25) is 0 Å². The maximum Gasteiger partial charge on any atom is 0.251 e. The van der Waals surface area contributed by atoms with Gasteiger partial charge in [0.1, 0.15) is 0 Å². The summed E-state index contributed by atoms with van der Waals surface area (Å²) in [7, 11) is 1.55. The summed E-state index contributed by atoms with van der Waals surface area (Å²) in [6.45, 7) is 3.81. The van der Waals surface area contributed by atoms with Crippen molar-refractivity contribution in [1.29, 1.82) is 0 Å². The van der Waals surface area contributed by atoms with Gasteiger partial charge in [-0.25, -0.2) is 0 Å². The predicted molar refractivity (Wildman–Crippen MR) is 106 cm³/mol. The van der Waals surface area contributed by atoms with Gasteiger partial charge in [0.25, 0.3) is 11.8 Å². The number of benzene rings is 2. The molecule has 0 heterocycles. The number of hydrogen-bond acceptors (Lipinski definition) is 4. The van der Waals surface area contributed by atoms with Gasteiger partial charge in [0.2, 0.25) is 5.91 Å². The molecule has 4 N–H and O–H groups in total. The maximum absolute atomic E-state index is 12.1. The molecule has 0 aliphatic carbocycles. The van der Waals surface area contributed by atoms with Gasteiger partial charge in [0.05, 0.1) is 6.54 Å². The number of amides is 3. The molecule has 0 unspecified atom stereocenters. The second kappa shape index (κ2) is 9.38. The summed E-state index contributed by atoms with van der Waals surface area (Å²) in [6, 6.07) is 13.7. The van der Waals surface area contributed by atoms with Crippen molar-refractivity contribution >= 4 is 29.1 Å². The fourth-order valence-corrected chi connectivity index (χ4v) is 2.39. The Morgan fingerprint density at radius 1 is 0.889 bits per heavy atom. The smallest absolute Gasteiger partial charge is 0.251 e. The van der Waals surface area contributed by atoms with E-state index < -0.39 is 0 Å². The van der Waals surface area contributed by atoms with Gasteiger partial charge in [-0.15, -0.1) is 0 Å². The van der Waals surface area contributed by atoms with Crippen molar-refractivity contribution in [1.82, 2.24) is 10.6 Å². The molecule has 2 rings (SSSR count). The number of carbonyl (C=O) groups is 3. The molecule has 7 heteroatoms. The molecule has 0 aliphatic heterocycles. The normalized spacial score (nSPS) is 10.2. The number of carbonyl (C=O) groups excluding carboxylic acids is 3. The van der Waals surface area contributed by atoms with Crippen LogP contribution in [-0.2, 0) is 4.79 Å². The first-order valence-corrected chi connectivity index (χ1v) is 8.66. The van der Waals surface area contributed by atoms with Crippen LogP contribution >= 0.6 is 0 Å². The zero-order chi connectivity index (χ0) is 19.8. The minimum Gasteiger partial charge on any atom is -0.376 e. The molecule has 0 saturated carbocycles. The molecule has 0 atom stereocenters. The number of hydrogen-bond donors (Lipinski definition) is 4. The van der Waals surface area contributed by atoms with E-state index in [0.29, 0.717) is 22.5 Å². The average Bonchev–Trinajstić information content (AvgIpc) is 2.65. The monoisotopic (exact) mass is 368 g/mol. The molecule has 27 heavy (non-hydrogen) atoms. The highest BCUT2D eigenvalue weighted by Gasteiger charge is 2.09. The fourth-order valence-electron chi connectivity index (χ4n) is 2.39. The lowest BCUT2D eigenvalue weighted by atomic mass is 10.1. The predicted octanol–water partition coefficient (Wildman–Crippen LogP) is 2.23. The molecule has 2 aromatic rings. The van der Waals surface area contributed by atoms with Crippen LogP contribution in [0.3, 0.4) is 0 Å². The van der Waals surface area contributed by atoms with Gasteiger partial charge < -0.3 is 21.3 Å². The first-order chi connectivity index (χ1) is 12.9. The first kappa shape index (κ1) is 20.0. The van der Waals surface area contributed by atoms with Crippen LogP contribution in [0.15, 0.2) is 48.5 Å². The van der Waals surface area contributed by atoms with E-state index in [1.165, 1.54) is 0 Å². The molecular formula is C20H24N4O3. The topological polar surface area (TPSA) is 99.3 Å². The van der Waals surface area contributed by atoms with Crippen molar-refractivity contribution in [3.8, 4) is 0 Å². The molecule has 0 saturated heterocycles. The average molecular weight is 368 g/mol. The van der Waals surface area contributed by atoms with Gasteiger partial charge in [-0.1, -0.05) is 12.1 Å². The van der Waals surface area contributed by atoms with Crippen LogP contribution in [0.4, 0.5) is 11.4 Å². The molecule has 142 valence electrons. The Morgan fingerprint density at radius 3 is 2.11 bits per heavy atom. The Kier molecular flexibility index (Phi) is 6.93. The van der Waals surface area contributed by atoms with E-state index >= 15 is 0 Å². The molecule has 0 aromatic heterocycles. The molecule has 0 bridgehead atoms. The van der Waals surface area contributed by atoms with Crippen LogP contribution in [-0.4, -0.2) is 37.4 Å². The number of nitrogens with one attached hydrogen (secondary N) is 4. The summed E-state index contributed by atoms with van der Waals surface area (Å²) in [6.07, 6.45) is 0. The Morgan fingerprint density at radius 2 is 1.48 bits per heavy atom. The molecule has 2 aromatic carbocycles. The Labute approximate surface area is 158 Å². The highest BCUT2D eigenvalue weighted by atomic mass is 16.2. The van der Waals surface area contributed by atoms with E-state index in [1.807, 2.05) is 13.8 Å². The fraction of sp³-hybridized carbons (Fsp3) is 0.250. The molecule has 3 amide bonds. The quantitative estimate of drug-likeness (QED) is 0.602. The van der Waals surface area contributed by atoms with Gasteiger partial charge in [-0.3, -0.25) is 14.4 Å². The van der Waals surface area contributed by atoms with Crippen molar-refractivity contribution in [2.45, 2.75) is 19.9 Å². The first-order valence-electron chi connectivity index (χ1n) is 8.66. The molecule has 0 fully saturated rings. The van der Waals surface area contributed by atoms with Gasteiger partial charge >= 0.3 is 0 Å². The largest absolute Gasteiger partial charge is 0.376 e. The third kappa shape index (κ3) is 6.14. The van der Waals surface area contributed by atoms with E-state index in [0.717, 1.165) is 0 Å². The van der Waals surface area contributed by atoms with Crippen LogP contribution in [0.1, 0.15) is 34.6 Å². The summed E-state index contributed by atoms with van der Waals surface area (Å²) >= 11 is 0. The number of rotatable bonds is 7. The van der Waals surface area contributed by atoms with E-state index in [2.05, 4.69) is 21.3 Å². The summed E-state index contributed by atoms with van der Waals surface area (Å²) in [5.74, 6) is -0.647. The summed E-state index contributed by atoms with van der Waals surface area (Å²) in [5.41, 5.74) is 2.19. The summed E-state index contributed by atoms with van der Waals surface area (Å²) < 4.78 is 0. The lowest BCUT2D eigenvalue weighted by Crippen LogP contribution is -2.30. The minimum atomic E-state index is -0.263. The zero-order valence-corrected chi connectivity index (χ0v) is 15.6. The third-order valence-corrected chi connectivity index (χ3v) is 3.63. The second-order valence-electron chi connectivity index (χ2n) is 6.27. The van der Waals surface area contributed by atoms with E-state index in [-0.39, 0.29) is 30.3 Å². The zero-order valence-electron chi connectivity index (χ0n) is 15.6. The van der Waals surface area contributed by atoms with Gasteiger partial charge in [0.15, 0.2) is 0 Å². The Bertz CT molecular complexity index is 833. The van der Waals surface area contributed by atoms with Crippen molar-refractivity contribution in [2.24, 2.45) is 0 Å². The molecule has 0 radical (unpaired) electrons. The van der Waals surface area contributed by atoms with Crippen LogP contribution in [0.25, 0.3) is 0 Å². The Hall–Kier alpha value is -3.35. The van der Waals surface area contributed by atoms with Crippen LogP contribution in [0.5, 0.6) is 0 Å². The molecule has 0 spiro atoms. The van der Waals surface area contributed by atoms with Gasteiger partial charge in [0, 0.05) is 35.6 Å². The van der Waals surface area contributed by atoms with Gasteiger partial charge in [-0.2, -0.15) is 0 Å². The second-order valence-corrected chi connectivity index (χ2v) is 6.27. The molecular weight excluding hydrogens is 344 g/mol. The van der Waals surface area contributed by atoms with Crippen LogP contribution in [0, 0.1) is 0 Å². The van der Waals surface area contributed by atoms with E-state index in [1.54, 1.807) is 55.6 Å². The SMILES string of the molecule is CNC(=O)c1cccc(NC(=O)CNc2cccc(C(=O)NC(C)C)c2)c1. The highest BCUT2D eigenvalue weighted by Crippen LogP contribution is 2.12. The summed E-state index contributed by atoms with van der Waals surface area (Å²) in [4.78, 5) is 35.8. The lowest BCUT2D eigenvalue weighted by molar-refractivity contribution is -0.114. The van der Waals surface area contributed by atoms with E-state index in [4.69, 9.17) is 0 Å². The minimum absolute atomic E-state index is 0.0272. The van der Waals surface area contributed by atoms with Crippen LogP contribution < -0.4 is 21.3 Å². The van der Waals surface area contributed by atoms with Crippen molar-refractivity contribution in [2.75, 3.05) is 24.2 Å². The molecule has 7 nitrogen and oxygen atoms in total. The van der Waals surface area contributed by atoms with Crippen molar-refractivity contribution in [3.05, 3.63) is 59.7 Å². The Balaban J connectivity index is 1.94. The van der Waals surface area contributed by atoms with Crippen molar-refractivity contribution in [3.63, 3.8) is 0 Å².